The molecule has 2 rings (SSSR count). The van der Waals surface area contributed by atoms with E-state index in [9.17, 15) is 8.78 Å². The van der Waals surface area contributed by atoms with Crippen molar-refractivity contribution in [1.29, 1.82) is 0 Å². The monoisotopic (exact) mass is 358 g/mol. The van der Waals surface area contributed by atoms with Crippen molar-refractivity contribution in [2.45, 2.75) is 4.90 Å². The minimum absolute atomic E-state index is 0.438. The van der Waals surface area contributed by atoms with Crippen LogP contribution in [-0.2, 0) is 0 Å². The third kappa shape index (κ3) is 5.89. The fourth-order valence-corrected chi connectivity index (χ4v) is 2.60. The van der Waals surface area contributed by atoms with Crippen LogP contribution in [-0.4, -0.2) is 32.1 Å². The summed E-state index contributed by atoms with van der Waals surface area (Å²) in [4.78, 5) is 2.44. The predicted molar refractivity (Wildman–Crippen MR) is 91.3 cm³/mol. The van der Waals surface area contributed by atoms with Crippen LogP contribution in [0.5, 0.6) is 5.75 Å². The van der Waals surface area contributed by atoms with Crippen molar-refractivity contribution in [1.82, 2.24) is 4.90 Å². The van der Waals surface area contributed by atoms with Crippen LogP contribution in [0.2, 0.25) is 5.02 Å². The van der Waals surface area contributed by atoms with Crippen LogP contribution in [0.1, 0.15) is 0 Å². The first-order chi connectivity index (χ1) is 10.9. The third-order valence-electron chi connectivity index (χ3n) is 2.85. The molecule has 7 heteroatoms. The van der Waals surface area contributed by atoms with Crippen LogP contribution in [0.15, 0.2) is 41.3 Å². The molecule has 0 aliphatic carbocycles. The summed E-state index contributed by atoms with van der Waals surface area (Å²) in [5.41, 5.74) is 0.726. The van der Waals surface area contributed by atoms with Gasteiger partial charge in [0, 0.05) is 29.3 Å². The number of rotatable bonds is 7. The van der Waals surface area contributed by atoms with Gasteiger partial charge in [0.15, 0.2) is 0 Å². The molecule has 0 bridgehead atoms. The summed E-state index contributed by atoms with van der Waals surface area (Å²) in [5.74, 6) is -0.666. The molecule has 2 aromatic rings. The van der Waals surface area contributed by atoms with Crippen molar-refractivity contribution >= 4 is 29.2 Å². The molecule has 0 saturated heterocycles. The summed E-state index contributed by atoms with van der Waals surface area (Å²) in [5, 5.41) is 0.510. The molecule has 0 amide bonds. The SMILES string of the molecule is CN(C)CCOc1cc(NSc2cc(F)cc(F)c2)ccc1Cl. The fourth-order valence-electron chi connectivity index (χ4n) is 1.72. The highest BCUT2D eigenvalue weighted by atomic mass is 35.5. The Balaban J connectivity index is 1.99. The molecule has 23 heavy (non-hydrogen) atoms. The highest BCUT2D eigenvalue weighted by molar-refractivity contribution is 8.00. The number of nitrogens with one attached hydrogen (secondary N) is 1. The smallest absolute Gasteiger partial charge is 0.140 e. The molecular weight excluding hydrogens is 342 g/mol. The zero-order valence-electron chi connectivity index (χ0n) is 12.8. The van der Waals surface area contributed by atoms with Crippen molar-refractivity contribution < 1.29 is 13.5 Å². The van der Waals surface area contributed by atoms with E-state index in [0.29, 0.717) is 22.3 Å². The van der Waals surface area contributed by atoms with Gasteiger partial charge in [0.2, 0.25) is 0 Å². The molecule has 0 aromatic heterocycles. The molecular formula is C16H17ClF2N2OS. The van der Waals surface area contributed by atoms with Gasteiger partial charge >= 0.3 is 0 Å². The minimum Gasteiger partial charge on any atom is -0.491 e. The van der Waals surface area contributed by atoms with Crippen molar-refractivity contribution in [3.05, 3.63) is 53.1 Å². The number of benzene rings is 2. The van der Waals surface area contributed by atoms with Gasteiger partial charge in [0.1, 0.15) is 24.0 Å². The quantitative estimate of drug-likeness (QED) is 0.726. The molecule has 1 N–H and O–H groups in total. The maximum Gasteiger partial charge on any atom is 0.140 e. The average Bonchev–Trinajstić information content (AvgIpc) is 2.46. The van der Waals surface area contributed by atoms with Crippen molar-refractivity contribution in [3.8, 4) is 5.75 Å². The van der Waals surface area contributed by atoms with Gasteiger partial charge in [-0.3, -0.25) is 0 Å². The second-order valence-corrected chi connectivity index (χ2v) is 6.39. The number of ether oxygens (including phenoxy) is 1. The Labute approximate surface area is 143 Å². The van der Waals surface area contributed by atoms with Crippen molar-refractivity contribution in [2.75, 3.05) is 32.0 Å². The van der Waals surface area contributed by atoms with E-state index >= 15 is 0 Å². The molecule has 0 radical (unpaired) electrons. The Hall–Kier alpha value is -1.50. The molecule has 0 atom stereocenters. The van der Waals surface area contributed by atoms with Crippen LogP contribution < -0.4 is 9.46 Å². The van der Waals surface area contributed by atoms with E-state index in [-0.39, 0.29) is 0 Å². The zero-order valence-corrected chi connectivity index (χ0v) is 14.3. The predicted octanol–water partition coefficient (Wildman–Crippen LogP) is 4.68. The van der Waals surface area contributed by atoms with Crippen molar-refractivity contribution in [2.24, 2.45) is 0 Å². The standard InChI is InChI=1S/C16H17ClF2N2OS/c1-21(2)5-6-22-16-10-13(3-4-15(16)17)20-23-14-8-11(18)7-12(19)9-14/h3-4,7-10,20H,5-6H2,1-2H3. The summed E-state index contributed by atoms with van der Waals surface area (Å²) >= 11 is 7.21. The highest BCUT2D eigenvalue weighted by Gasteiger charge is 2.06. The second kappa shape index (κ2) is 8.38. The van der Waals surface area contributed by atoms with Crippen LogP contribution >= 0.6 is 23.5 Å². The van der Waals surface area contributed by atoms with E-state index in [0.717, 1.165) is 30.2 Å². The molecule has 2 aromatic carbocycles. The maximum absolute atomic E-state index is 13.2. The number of likely N-dealkylation sites (N-methyl/N-ethyl adjacent to an activating group) is 1. The first-order valence-electron chi connectivity index (χ1n) is 6.90. The van der Waals surface area contributed by atoms with Gasteiger partial charge in [-0.2, -0.15) is 0 Å². The summed E-state index contributed by atoms with van der Waals surface area (Å²) < 4.78 is 35.0. The first kappa shape index (κ1) is 17.8. The Morgan fingerprint density at radius 3 is 2.48 bits per heavy atom. The lowest BCUT2D eigenvalue weighted by Gasteiger charge is -2.13. The molecule has 0 fully saturated rings. The van der Waals surface area contributed by atoms with Gasteiger partial charge in [-0.15, -0.1) is 0 Å². The maximum atomic E-state index is 13.2. The van der Waals surface area contributed by atoms with Gasteiger partial charge in [-0.25, -0.2) is 8.78 Å². The van der Waals surface area contributed by atoms with Crippen LogP contribution in [0.25, 0.3) is 0 Å². The molecule has 0 saturated carbocycles. The van der Waals surface area contributed by atoms with E-state index in [1.165, 1.54) is 12.1 Å². The molecule has 0 heterocycles. The summed E-state index contributed by atoms with van der Waals surface area (Å²) in [6.07, 6.45) is 0. The Morgan fingerprint density at radius 1 is 1.13 bits per heavy atom. The highest BCUT2D eigenvalue weighted by Crippen LogP contribution is 2.30. The van der Waals surface area contributed by atoms with Gasteiger partial charge < -0.3 is 14.4 Å². The van der Waals surface area contributed by atoms with E-state index in [1.807, 2.05) is 19.0 Å². The molecule has 124 valence electrons. The topological polar surface area (TPSA) is 24.5 Å². The largest absolute Gasteiger partial charge is 0.491 e. The Bertz CT molecular complexity index is 650. The number of nitrogens with zero attached hydrogens (tertiary/aromatic N) is 1. The third-order valence-corrected chi connectivity index (χ3v) is 3.97. The lowest BCUT2D eigenvalue weighted by atomic mass is 10.3. The molecule has 0 aliphatic rings. The lowest BCUT2D eigenvalue weighted by Crippen LogP contribution is -2.19. The van der Waals surface area contributed by atoms with Crippen LogP contribution in [0.4, 0.5) is 14.5 Å². The first-order valence-corrected chi connectivity index (χ1v) is 8.09. The van der Waals surface area contributed by atoms with Gasteiger partial charge in [-0.05, 0) is 50.3 Å². The number of anilines is 1. The number of halogens is 3. The summed E-state index contributed by atoms with van der Waals surface area (Å²) in [6, 6.07) is 8.57. The number of hydrogen-bond acceptors (Lipinski definition) is 4. The van der Waals surface area contributed by atoms with E-state index in [2.05, 4.69) is 4.72 Å². The van der Waals surface area contributed by atoms with Gasteiger partial charge in [-0.1, -0.05) is 11.6 Å². The van der Waals surface area contributed by atoms with Crippen molar-refractivity contribution in [3.63, 3.8) is 0 Å². The van der Waals surface area contributed by atoms with Gasteiger partial charge in [0.05, 0.1) is 5.02 Å². The molecule has 0 spiro atoms. The lowest BCUT2D eigenvalue weighted by molar-refractivity contribution is 0.261. The zero-order chi connectivity index (χ0) is 16.8. The molecule has 0 aliphatic heterocycles. The Kier molecular flexibility index (Phi) is 6.50. The number of hydrogen-bond donors (Lipinski definition) is 1. The molecule has 3 nitrogen and oxygen atoms in total. The second-order valence-electron chi connectivity index (χ2n) is 5.11. The average molecular weight is 359 g/mol. The molecule has 0 unspecified atom stereocenters. The van der Waals surface area contributed by atoms with E-state index in [1.54, 1.807) is 18.2 Å². The van der Waals surface area contributed by atoms with Crippen LogP contribution in [0, 0.1) is 11.6 Å². The Morgan fingerprint density at radius 2 is 1.83 bits per heavy atom. The van der Waals surface area contributed by atoms with E-state index in [4.69, 9.17) is 16.3 Å². The summed E-state index contributed by atoms with van der Waals surface area (Å²) in [6.45, 7) is 1.28. The normalized spacial score (nSPS) is 10.9. The summed E-state index contributed by atoms with van der Waals surface area (Å²) in [7, 11) is 3.91. The van der Waals surface area contributed by atoms with Gasteiger partial charge in [0.25, 0.3) is 0 Å². The fraction of sp³-hybridized carbons (Fsp3) is 0.250. The minimum atomic E-state index is -0.613. The van der Waals surface area contributed by atoms with Crippen LogP contribution in [0.3, 0.4) is 0 Å². The van der Waals surface area contributed by atoms with E-state index < -0.39 is 11.6 Å².